The molecule has 0 bridgehead atoms. The summed E-state index contributed by atoms with van der Waals surface area (Å²) < 4.78 is 5.34. The molecule has 3 heterocycles. The molecule has 5 nitrogen and oxygen atoms in total. The van der Waals surface area contributed by atoms with Crippen LogP contribution in [0.15, 0.2) is 42.5 Å². The van der Waals surface area contributed by atoms with Gasteiger partial charge in [-0.3, -0.25) is 9.69 Å². The molecule has 0 atom stereocenters. The Morgan fingerprint density at radius 2 is 1.86 bits per heavy atom. The number of aryl methyl sites for hydroxylation is 1. The molecule has 2 aliphatic heterocycles. The Hall–Kier alpha value is -2.40. The first-order valence-electron chi connectivity index (χ1n) is 10.2. The summed E-state index contributed by atoms with van der Waals surface area (Å²) in [6.45, 7) is 6.78. The Labute approximate surface area is 167 Å². The van der Waals surface area contributed by atoms with E-state index < -0.39 is 0 Å². The van der Waals surface area contributed by atoms with Gasteiger partial charge in [-0.25, -0.2) is 4.98 Å². The zero-order valence-corrected chi connectivity index (χ0v) is 16.9. The number of nitrogens with zero attached hydrogens (tertiary/aromatic N) is 3. The van der Waals surface area contributed by atoms with Crippen molar-refractivity contribution in [2.24, 2.45) is 5.41 Å². The standard InChI is InChI=1S/C23H29N3O2/c1-18-5-3-8-21(24-18)22(27)26-14-11-23(17-26)9-12-25(13-10-23)16-19-6-4-7-20(15-19)28-2/h3-8,15H,9-14,16-17H2,1-2H3. The number of hydrogen-bond donors (Lipinski definition) is 0. The zero-order valence-electron chi connectivity index (χ0n) is 16.9. The van der Waals surface area contributed by atoms with Crippen LogP contribution in [0.25, 0.3) is 0 Å². The Morgan fingerprint density at radius 1 is 1.11 bits per heavy atom. The van der Waals surface area contributed by atoms with Crippen LogP contribution in [0, 0.1) is 12.3 Å². The van der Waals surface area contributed by atoms with Crippen LogP contribution in [0.5, 0.6) is 5.75 Å². The summed E-state index contributed by atoms with van der Waals surface area (Å²) in [6.07, 6.45) is 3.42. The fraction of sp³-hybridized carbons (Fsp3) is 0.478. The highest BCUT2D eigenvalue weighted by Crippen LogP contribution is 2.41. The van der Waals surface area contributed by atoms with E-state index >= 15 is 0 Å². The first kappa shape index (κ1) is 18.9. The molecular formula is C23H29N3O2. The molecule has 0 unspecified atom stereocenters. The van der Waals surface area contributed by atoms with E-state index in [-0.39, 0.29) is 11.3 Å². The van der Waals surface area contributed by atoms with E-state index in [0.29, 0.717) is 5.69 Å². The molecule has 1 amide bonds. The van der Waals surface area contributed by atoms with Gasteiger partial charge in [0, 0.05) is 25.3 Å². The van der Waals surface area contributed by atoms with Gasteiger partial charge in [0.05, 0.1) is 7.11 Å². The van der Waals surface area contributed by atoms with Crippen molar-refractivity contribution in [1.29, 1.82) is 0 Å². The number of likely N-dealkylation sites (tertiary alicyclic amines) is 2. The van der Waals surface area contributed by atoms with Crippen LogP contribution in [0.1, 0.15) is 41.0 Å². The van der Waals surface area contributed by atoms with Crippen molar-refractivity contribution in [3.8, 4) is 5.75 Å². The molecule has 1 spiro atoms. The van der Waals surface area contributed by atoms with E-state index in [1.54, 1.807) is 7.11 Å². The maximum absolute atomic E-state index is 12.8. The molecule has 1 aromatic heterocycles. The van der Waals surface area contributed by atoms with Crippen molar-refractivity contribution in [3.05, 3.63) is 59.4 Å². The number of aromatic nitrogens is 1. The predicted octanol–water partition coefficient (Wildman–Crippen LogP) is 3.53. The molecule has 0 N–H and O–H groups in total. The minimum atomic E-state index is 0.0828. The molecule has 5 heteroatoms. The van der Waals surface area contributed by atoms with E-state index in [4.69, 9.17) is 4.74 Å². The second-order valence-corrected chi connectivity index (χ2v) is 8.27. The van der Waals surface area contributed by atoms with Gasteiger partial charge in [0.15, 0.2) is 0 Å². The van der Waals surface area contributed by atoms with Crippen LogP contribution in [-0.4, -0.2) is 54.0 Å². The third-order valence-electron chi connectivity index (χ3n) is 6.29. The number of amides is 1. The monoisotopic (exact) mass is 379 g/mol. The van der Waals surface area contributed by atoms with Crippen molar-refractivity contribution in [1.82, 2.24) is 14.8 Å². The molecule has 2 aliphatic rings. The Balaban J connectivity index is 1.34. The first-order valence-corrected chi connectivity index (χ1v) is 10.2. The fourth-order valence-electron chi connectivity index (χ4n) is 4.56. The number of pyridine rings is 1. The summed E-state index contributed by atoms with van der Waals surface area (Å²) in [5.74, 6) is 1.00. The summed E-state index contributed by atoms with van der Waals surface area (Å²) in [7, 11) is 1.71. The molecule has 148 valence electrons. The van der Waals surface area contributed by atoms with Crippen LogP contribution in [0.2, 0.25) is 0 Å². The van der Waals surface area contributed by atoms with E-state index in [2.05, 4.69) is 28.1 Å². The topological polar surface area (TPSA) is 45.7 Å². The number of benzene rings is 1. The average molecular weight is 380 g/mol. The van der Waals surface area contributed by atoms with Gasteiger partial charge < -0.3 is 9.64 Å². The average Bonchev–Trinajstić information content (AvgIpc) is 3.13. The number of ether oxygens (including phenoxy) is 1. The largest absolute Gasteiger partial charge is 0.497 e. The van der Waals surface area contributed by atoms with E-state index in [1.807, 2.05) is 36.1 Å². The van der Waals surface area contributed by atoms with E-state index in [0.717, 1.165) is 63.4 Å². The second-order valence-electron chi connectivity index (χ2n) is 8.27. The van der Waals surface area contributed by atoms with Crippen molar-refractivity contribution in [3.63, 3.8) is 0 Å². The number of carbonyl (C=O) groups is 1. The van der Waals surface area contributed by atoms with Gasteiger partial charge in [-0.05, 0) is 74.5 Å². The van der Waals surface area contributed by atoms with E-state index in [9.17, 15) is 4.79 Å². The first-order chi connectivity index (χ1) is 13.6. The van der Waals surface area contributed by atoms with Crippen LogP contribution in [-0.2, 0) is 6.54 Å². The molecule has 2 saturated heterocycles. The quantitative estimate of drug-likeness (QED) is 0.815. The molecule has 2 fully saturated rings. The highest BCUT2D eigenvalue weighted by molar-refractivity contribution is 5.92. The Morgan fingerprint density at radius 3 is 2.61 bits per heavy atom. The lowest BCUT2D eigenvalue weighted by Gasteiger charge is -2.39. The third kappa shape index (κ3) is 4.04. The third-order valence-corrected chi connectivity index (χ3v) is 6.29. The van der Waals surface area contributed by atoms with Gasteiger partial charge in [-0.1, -0.05) is 18.2 Å². The summed E-state index contributed by atoms with van der Waals surface area (Å²) >= 11 is 0. The zero-order chi connectivity index (χ0) is 19.6. The minimum Gasteiger partial charge on any atom is -0.497 e. The Kier molecular flexibility index (Phi) is 5.36. The predicted molar refractivity (Wildman–Crippen MR) is 109 cm³/mol. The molecular weight excluding hydrogens is 350 g/mol. The van der Waals surface area contributed by atoms with Gasteiger partial charge in [-0.15, -0.1) is 0 Å². The lowest BCUT2D eigenvalue weighted by molar-refractivity contribution is 0.0708. The highest BCUT2D eigenvalue weighted by Gasteiger charge is 2.42. The van der Waals surface area contributed by atoms with Crippen LogP contribution in [0.4, 0.5) is 0 Å². The smallest absolute Gasteiger partial charge is 0.272 e. The molecule has 0 aliphatic carbocycles. The minimum absolute atomic E-state index is 0.0828. The maximum Gasteiger partial charge on any atom is 0.272 e. The normalized spacial score (nSPS) is 19.1. The van der Waals surface area contributed by atoms with Gasteiger partial charge in [-0.2, -0.15) is 0 Å². The second kappa shape index (κ2) is 7.92. The summed E-state index contributed by atoms with van der Waals surface area (Å²) in [5.41, 5.74) is 3.05. The van der Waals surface area contributed by atoms with Crippen molar-refractivity contribution in [2.45, 2.75) is 32.7 Å². The van der Waals surface area contributed by atoms with Crippen LogP contribution >= 0.6 is 0 Å². The summed E-state index contributed by atoms with van der Waals surface area (Å²) in [5, 5.41) is 0. The molecule has 2 aromatic rings. The SMILES string of the molecule is COc1cccc(CN2CCC3(CC2)CCN(C(=O)c2cccc(C)n2)C3)c1. The lowest BCUT2D eigenvalue weighted by atomic mass is 9.77. The molecule has 0 radical (unpaired) electrons. The molecule has 4 rings (SSSR count). The van der Waals surface area contributed by atoms with Gasteiger partial charge >= 0.3 is 0 Å². The van der Waals surface area contributed by atoms with E-state index in [1.165, 1.54) is 5.56 Å². The fourth-order valence-corrected chi connectivity index (χ4v) is 4.56. The highest BCUT2D eigenvalue weighted by atomic mass is 16.5. The van der Waals surface area contributed by atoms with Gasteiger partial charge in [0.25, 0.3) is 5.91 Å². The summed E-state index contributed by atoms with van der Waals surface area (Å²) in [6, 6.07) is 14.0. The Bertz CT molecular complexity index is 843. The number of methoxy groups -OCH3 is 1. The maximum atomic E-state index is 12.8. The summed E-state index contributed by atoms with van der Waals surface area (Å²) in [4.78, 5) is 21.8. The van der Waals surface area contributed by atoms with Crippen molar-refractivity contribution < 1.29 is 9.53 Å². The van der Waals surface area contributed by atoms with Crippen LogP contribution in [0.3, 0.4) is 0 Å². The number of carbonyl (C=O) groups excluding carboxylic acids is 1. The number of piperidine rings is 1. The van der Waals surface area contributed by atoms with Crippen molar-refractivity contribution >= 4 is 5.91 Å². The number of hydrogen-bond acceptors (Lipinski definition) is 4. The van der Waals surface area contributed by atoms with Gasteiger partial charge in [0.1, 0.15) is 11.4 Å². The van der Waals surface area contributed by atoms with Crippen LogP contribution < -0.4 is 4.74 Å². The van der Waals surface area contributed by atoms with Crippen molar-refractivity contribution in [2.75, 3.05) is 33.3 Å². The molecule has 1 aromatic carbocycles. The number of rotatable bonds is 4. The molecule has 28 heavy (non-hydrogen) atoms. The lowest BCUT2D eigenvalue weighted by Crippen LogP contribution is -2.42. The van der Waals surface area contributed by atoms with Gasteiger partial charge in [0.2, 0.25) is 0 Å². The molecule has 0 saturated carbocycles.